The van der Waals surface area contributed by atoms with E-state index in [0.29, 0.717) is 4.40 Å². The SMILES string of the molecule is NC(=O)c1c(C(F)(F)F)sc2nccc(=O)n12. The van der Waals surface area contributed by atoms with Crippen LogP contribution in [-0.2, 0) is 6.18 Å². The first-order valence-corrected chi connectivity index (χ1v) is 5.01. The molecule has 2 N–H and O–H groups in total. The number of alkyl halides is 3. The maximum Gasteiger partial charge on any atom is 0.427 e. The molecule has 90 valence electrons. The number of hydrogen-bond donors (Lipinski definition) is 1. The molecule has 0 saturated heterocycles. The number of fused-ring (bicyclic) bond motifs is 1. The summed E-state index contributed by atoms with van der Waals surface area (Å²) in [6, 6.07) is 0.951. The van der Waals surface area contributed by atoms with Gasteiger partial charge >= 0.3 is 6.18 Å². The molecule has 0 aliphatic heterocycles. The number of carbonyl (C=O) groups is 1. The van der Waals surface area contributed by atoms with Gasteiger partial charge < -0.3 is 5.73 Å². The van der Waals surface area contributed by atoms with E-state index in [-0.39, 0.29) is 16.3 Å². The maximum absolute atomic E-state index is 12.6. The fraction of sp³-hybridized carbons (Fsp3) is 0.125. The molecule has 2 aromatic heterocycles. The summed E-state index contributed by atoms with van der Waals surface area (Å²) in [6.45, 7) is 0. The lowest BCUT2D eigenvalue weighted by Gasteiger charge is -2.04. The lowest BCUT2D eigenvalue weighted by atomic mass is 10.3. The summed E-state index contributed by atoms with van der Waals surface area (Å²) in [4.78, 5) is 24.6. The van der Waals surface area contributed by atoms with E-state index in [2.05, 4.69) is 4.98 Å². The van der Waals surface area contributed by atoms with E-state index >= 15 is 0 Å². The lowest BCUT2D eigenvalue weighted by Crippen LogP contribution is -2.24. The number of aromatic nitrogens is 2. The summed E-state index contributed by atoms with van der Waals surface area (Å²) in [5, 5.41) is 0. The molecule has 17 heavy (non-hydrogen) atoms. The van der Waals surface area contributed by atoms with Crippen molar-refractivity contribution in [3.8, 4) is 0 Å². The van der Waals surface area contributed by atoms with Crippen molar-refractivity contribution in [3.63, 3.8) is 0 Å². The van der Waals surface area contributed by atoms with Gasteiger partial charge in [0.15, 0.2) is 4.96 Å². The Kier molecular flexibility index (Phi) is 2.42. The minimum absolute atomic E-state index is 0.199. The molecule has 0 aliphatic rings. The second-order valence-electron chi connectivity index (χ2n) is 3.04. The Morgan fingerprint density at radius 3 is 2.65 bits per heavy atom. The molecular formula is C8H4F3N3O2S. The van der Waals surface area contributed by atoms with Crippen molar-refractivity contribution in [2.75, 3.05) is 0 Å². The largest absolute Gasteiger partial charge is 0.427 e. The van der Waals surface area contributed by atoms with Gasteiger partial charge in [-0.3, -0.25) is 9.59 Å². The van der Waals surface area contributed by atoms with Gasteiger partial charge in [0.25, 0.3) is 11.5 Å². The van der Waals surface area contributed by atoms with E-state index in [1.54, 1.807) is 0 Å². The molecule has 0 aromatic carbocycles. The van der Waals surface area contributed by atoms with E-state index < -0.39 is 28.2 Å². The van der Waals surface area contributed by atoms with Gasteiger partial charge in [0.2, 0.25) is 0 Å². The second kappa shape index (κ2) is 3.55. The number of primary amides is 1. The van der Waals surface area contributed by atoms with Crippen LogP contribution in [0, 0.1) is 0 Å². The predicted molar refractivity (Wildman–Crippen MR) is 52.9 cm³/mol. The Labute approximate surface area is 95.3 Å². The molecule has 0 saturated carbocycles. The van der Waals surface area contributed by atoms with E-state index in [1.165, 1.54) is 0 Å². The monoisotopic (exact) mass is 263 g/mol. The standard InChI is InChI=1S/C8H4F3N3O2S/c9-8(10,11)5-4(6(12)16)14-3(15)1-2-13-7(14)17-5/h1-2H,(H2,12,16). The highest BCUT2D eigenvalue weighted by atomic mass is 32.1. The minimum atomic E-state index is -4.75. The maximum atomic E-state index is 12.6. The molecule has 5 nitrogen and oxygen atoms in total. The highest BCUT2D eigenvalue weighted by molar-refractivity contribution is 7.17. The second-order valence-corrected chi connectivity index (χ2v) is 4.02. The number of hydrogen-bond acceptors (Lipinski definition) is 4. The van der Waals surface area contributed by atoms with Gasteiger partial charge in [-0.05, 0) is 0 Å². The molecule has 0 atom stereocenters. The quantitative estimate of drug-likeness (QED) is 0.829. The molecule has 1 amide bonds. The summed E-state index contributed by atoms with van der Waals surface area (Å²) in [5.41, 5.74) is 3.21. The van der Waals surface area contributed by atoms with Gasteiger partial charge in [-0.25, -0.2) is 9.38 Å². The van der Waals surface area contributed by atoms with Crippen LogP contribution >= 0.6 is 11.3 Å². The Morgan fingerprint density at radius 2 is 2.12 bits per heavy atom. The fourth-order valence-corrected chi connectivity index (χ4v) is 2.30. The zero-order valence-corrected chi connectivity index (χ0v) is 8.80. The molecule has 2 rings (SSSR count). The predicted octanol–water partition coefficient (Wildman–Crippen LogP) is 0.874. The van der Waals surface area contributed by atoms with Crippen LogP contribution in [0.15, 0.2) is 17.1 Å². The van der Waals surface area contributed by atoms with E-state index in [0.717, 1.165) is 12.3 Å². The average Bonchev–Trinajstić information content (AvgIpc) is 2.57. The number of thiazole rings is 1. The van der Waals surface area contributed by atoms with Crippen molar-refractivity contribution in [2.24, 2.45) is 5.73 Å². The van der Waals surface area contributed by atoms with Crippen molar-refractivity contribution in [2.45, 2.75) is 6.18 Å². The first-order chi connectivity index (χ1) is 7.82. The van der Waals surface area contributed by atoms with Crippen molar-refractivity contribution >= 4 is 22.2 Å². The Balaban J connectivity index is 2.97. The summed E-state index contributed by atoms with van der Waals surface area (Å²) < 4.78 is 38.5. The van der Waals surface area contributed by atoms with Crippen LogP contribution in [0.25, 0.3) is 4.96 Å². The first kappa shape index (κ1) is 11.6. The van der Waals surface area contributed by atoms with Crippen molar-refractivity contribution in [1.82, 2.24) is 9.38 Å². The molecule has 2 aromatic rings. The van der Waals surface area contributed by atoms with E-state index in [4.69, 9.17) is 5.73 Å². The highest BCUT2D eigenvalue weighted by Gasteiger charge is 2.39. The molecule has 0 bridgehead atoms. The van der Waals surface area contributed by atoms with Gasteiger partial charge in [-0.1, -0.05) is 11.3 Å². The lowest BCUT2D eigenvalue weighted by molar-refractivity contribution is -0.134. The van der Waals surface area contributed by atoms with Crippen molar-refractivity contribution in [1.29, 1.82) is 0 Å². The molecule has 0 spiro atoms. The number of nitrogens with zero attached hydrogens (tertiary/aromatic N) is 2. The third-order valence-corrected chi connectivity index (χ3v) is 3.04. The zero-order valence-electron chi connectivity index (χ0n) is 7.99. The normalized spacial score (nSPS) is 11.9. The third kappa shape index (κ3) is 1.78. The van der Waals surface area contributed by atoms with Crippen LogP contribution in [0.1, 0.15) is 15.4 Å². The fourth-order valence-electron chi connectivity index (χ4n) is 1.32. The summed E-state index contributed by atoms with van der Waals surface area (Å²) in [5.74, 6) is -1.32. The minimum Gasteiger partial charge on any atom is -0.364 e. The molecule has 9 heteroatoms. The summed E-state index contributed by atoms with van der Waals surface area (Å²) in [6.07, 6.45) is -3.69. The first-order valence-electron chi connectivity index (χ1n) is 4.20. The molecule has 2 heterocycles. The van der Waals surface area contributed by atoms with Crippen LogP contribution < -0.4 is 11.3 Å². The Bertz CT molecular complexity index is 658. The van der Waals surface area contributed by atoms with Crippen molar-refractivity contribution in [3.05, 3.63) is 33.2 Å². The molecular weight excluding hydrogens is 259 g/mol. The average molecular weight is 263 g/mol. The van der Waals surface area contributed by atoms with Gasteiger partial charge in [0.1, 0.15) is 10.6 Å². The molecule has 0 fully saturated rings. The topological polar surface area (TPSA) is 77.5 Å². The van der Waals surface area contributed by atoms with Gasteiger partial charge in [0.05, 0.1) is 0 Å². The number of halogens is 3. The van der Waals surface area contributed by atoms with Crippen LogP contribution in [0.5, 0.6) is 0 Å². The van der Waals surface area contributed by atoms with Crippen LogP contribution in [0.3, 0.4) is 0 Å². The Hall–Kier alpha value is -1.90. The van der Waals surface area contributed by atoms with Crippen LogP contribution in [-0.4, -0.2) is 15.3 Å². The number of rotatable bonds is 1. The number of amides is 1. The number of nitrogens with two attached hydrogens (primary N) is 1. The van der Waals surface area contributed by atoms with Gasteiger partial charge in [0, 0.05) is 12.3 Å². The molecule has 0 unspecified atom stereocenters. The molecule has 0 aliphatic carbocycles. The van der Waals surface area contributed by atoms with Crippen LogP contribution in [0.4, 0.5) is 13.2 Å². The third-order valence-electron chi connectivity index (χ3n) is 1.94. The Morgan fingerprint density at radius 1 is 1.47 bits per heavy atom. The van der Waals surface area contributed by atoms with Gasteiger partial charge in [-0.15, -0.1) is 0 Å². The number of carbonyl (C=O) groups excluding carboxylic acids is 1. The zero-order chi connectivity index (χ0) is 12.8. The van der Waals surface area contributed by atoms with Gasteiger partial charge in [-0.2, -0.15) is 13.2 Å². The smallest absolute Gasteiger partial charge is 0.364 e. The summed E-state index contributed by atoms with van der Waals surface area (Å²) >= 11 is 0.199. The van der Waals surface area contributed by atoms with Crippen LogP contribution in [0.2, 0.25) is 0 Å². The highest BCUT2D eigenvalue weighted by Crippen LogP contribution is 2.36. The van der Waals surface area contributed by atoms with E-state index in [1.807, 2.05) is 0 Å². The van der Waals surface area contributed by atoms with Crippen molar-refractivity contribution < 1.29 is 18.0 Å². The van der Waals surface area contributed by atoms with E-state index in [9.17, 15) is 22.8 Å². The molecule has 0 radical (unpaired) electrons. The summed E-state index contributed by atoms with van der Waals surface area (Å²) in [7, 11) is 0.